The number of nitrogens with one attached hydrogen (secondary N) is 1. The number of benzene rings is 1. The first kappa shape index (κ1) is 19.9. The lowest BCUT2D eigenvalue weighted by Gasteiger charge is -2.31. The lowest BCUT2D eigenvalue weighted by molar-refractivity contribution is -0.142. The van der Waals surface area contributed by atoms with Gasteiger partial charge in [-0.15, -0.1) is 0 Å². The standard InChI is InChI=1S/C21H27N3O4/c1-14-18(21(23-22-14)16-4-6-17(27-2)7-5-16)13-19(25)24-10-8-15(9-11-24)12-20(26)28-3/h4-7,15H,8-13H2,1-3H3,(H,22,23). The highest BCUT2D eigenvalue weighted by Gasteiger charge is 2.26. The number of rotatable bonds is 6. The third-order valence-electron chi connectivity index (χ3n) is 5.42. The molecule has 28 heavy (non-hydrogen) atoms. The van der Waals surface area contributed by atoms with E-state index in [4.69, 9.17) is 9.47 Å². The molecule has 1 aromatic heterocycles. The number of esters is 1. The molecule has 0 saturated carbocycles. The Balaban J connectivity index is 1.65. The Kier molecular flexibility index (Phi) is 6.34. The van der Waals surface area contributed by atoms with Gasteiger partial charge in [0.1, 0.15) is 5.75 Å². The minimum absolute atomic E-state index is 0.0933. The Labute approximate surface area is 165 Å². The summed E-state index contributed by atoms with van der Waals surface area (Å²) >= 11 is 0. The zero-order chi connectivity index (χ0) is 20.1. The number of amides is 1. The Hall–Kier alpha value is -2.83. The number of aryl methyl sites for hydroxylation is 1. The highest BCUT2D eigenvalue weighted by atomic mass is 16.5. The quantitative estimate of drug-likeness (QED) is 0.773. The van der Waals surface area contributed by atoms with Crippen LogP contribution in [0.25, 0.3) is 11.3 Å². The van der Waals surface area contributed by atoms with Gasteiger partial charge in [-0.3, -0.25) is 14.7 Å². The van der Waals surface area contributed by atoms with Crippen molar-refractivity contribution in [1.29, 1.82) is 0 Å². The second kappa shape index (κ2) is 8.91. The van der Waals surface area contributed by atoms with Crippen molar-refractivity contribution in [2.45, 2.75) is 32.6 Å². The second-order valence-corrected chi connectivity index (χ2v) is 7.19. The summed E-state index contributed by atoms with van der Waals surface area (Å²) in [6.45, 7) is 3.29. The van der Waals surface area contributed by atoms with Gasteiger partial charge in [-0.1, -0.05) is 0 Å². The normalized spacial score (nSPS) is 14.8. The zero-order valence-electron chi connectivity index (χ0n) is 16.7. The topological polar surface area (TPSA) is 84.5 Å². The first-order chi connectivity index (χ1) is 13.5. The molecule has 1 amide bonds. The predicted molar refractivity (Wildman–Crippen MR) is 105 cm³/mol. The third-order valence-corrected chi connectivity index (χ3v) is 5.42. The van der Waals surface area contributed by atoms with Crippen LogP contribution in [0.5, 0.6) is 5.75 Å². The summed E-state index contributed by atoms with van der Waals surface area (Å²) in [6.07, 6.45) is 2.40. The number of methoxy groups -OCH3 is 2. The van der Waals surface area contributed by atoms with Gasteiger partial charge in [0.25, 0.3) is 0 Å². The number of aromatic nitrogens is 2. The van der Waals surface area contributed by atoms with Gasteiger partial charge >= 0.3 is 5.97 Å². The molecule has 1 fully saturated rings. The summed E-state index contributed by atoms with van der Waals surface area (Å²) in [5.41, 5.74) is 3.57. The first-order valence-electron chi connectivity index (χ1n) is 9.54. The molecule has 150 valence electrons. The summed E-state index contributed by atoms with van der Waals surface area (Å²) in [5, 5.41) is 7.41. The Morgan fingerprint density at radius 2 is 1.86 bits per heavy atom. The maximum Gasteiger partial charge on any atom is 0.305 e. The lowest BCUT2D eigenvalue weighted by atomic mass is 9.93. The average molecular weight is 385 g/mol. The summed E-state index contributed by atoms with van der Waals surface area (Å²) in [6, 6.07) is 7.66. The van der Waals surface area contributed by atoms with Crippen LogP contribution in [-0.4, -0.2) is 54.3 Å². The minimum Gasteiger partial charge on any atom is -0.497 e. The van der Waals surface area contributed by atoms with Gasteiger partial charge in [-0.2, -0.15) is 5.10 Å². The fourth-order valence-electron chi connectivity index (χ4n) is 3.62. The van der Waals surface area contributed by atoms with Crippen molar-refractivity contribution in [3.63, 3.8) is 0 Å². The number of carbonyl (C=O) groups is 2. The number of H-pyrrole nitrogens is 1. The van der Waals surface area contributed by atoms with E-state index in [0.717, 1.165) is 41.1 Å². The van der Waals surface area contributed by atoms with Crippen LogP contribution < -0.4 is 4.74 Å². The van der Waals surface area contributed by atoms with Crippen molar-refractivity contribution in [2.75, 3.05) is 27.3 Å². The van der Waals surface area contributed by atoms with Crippen molar-refractivity contribution >= 4 is 11.9 Å². The van der Waals surface area contributed by atoms with Gasteiger partial charge in [0.05, 0.1) is 26.3 Å². The average Bonchev–Trinajstić information content (AvgIpc) is 3.08. The SMILES string of the molecule is COC(=O)CC1CCN(C(=O)Cc2c(-c3ccc(OC)cc3)n[nH]c2C)CC1. The van der Waals surface area contributed by atoms with Gasteiger partial charge in [0, 0.05) is 36.3 Å². The predicted octanol–water partition coefficient (Wildman–Crippen LogP) is 2.74. The maximum absolute atomic E-state index is 12.9. The molecule has 1 aliphatic rings. The fourth-order valence-corrected chi connectivity index (χ4v) is 3.62. The summed E-state index contributed by atoms with van der Waals surface area (Å²) in [7, 11) is 3.04. The summed E-state index contributed by atoms with van der Waals surface area (Å²) in [5.74, 6) is 0.990. The first-order valence-corrected chi connectivity index (χ1v) is 9.54. The number of aromatic amines is 1. The van der Waals surface area contributed by atoms with E-state index in [2.05, 4.69) is 10.2 Å². The molecule has 1 saturated heterocycles. The van der Waals surface area contributed by atoms with Crippen LogP contribution >= 0.6 is 0 Å². The van der Waals surface area contributed by atoms with Crippen molar-refractivity contribution in [3.05, 3.63) is 35.5 Å². The van der Waals surface area contributed by atoms with Gasteiger partial charge in [-0.05, 0) is 49.9 Å². The molecule has 1 aromatic carbocycles. The van der Waals surface area contributed by atoms with Crippen LogP contribution in [0.1, 0.15) is 30.5 Å². The molecule has 1 N–H and O–H groups in total. The van der Waals surface area contributed by atoms with Crippen LogP contribution in [0.3, 0.4) is 0 Å². The number of ether oxygens (including phenoxy) is 2. The van der Waals surface area contributed by atoms with E-state index >= 15 is 0 Å². The molecule has 2 aromatic rings. The fraction of sp³-hybridized carbons (Fsp3) is 0.476. The van der Waals surface area contributed by atoms with Crippen LogP contribution in [0.2, 0.25) is 0 Å². The molecule has 0 atom stereocenters. The van der Waals surface area contributed by atoms with Crippen LogP contribution in [0, 0.1) is 12.8 Å². The molecular weight excluding hydrogens is 358 g/mol. The van der Waals surface area contributed by atoms with Gasteiger partial charge in [0.15, 0.2) is 0 Å². The van der Waals surface area contributed by atoms with Crippen LogP contribution in [-0.2, 0) is 20.7 Å². The molecule has 2 heterocycles. The Bertz CT molecular complexity index is 821. The molecule has 0 unspecified atom stereocenters. The lowest BCUT2D eigenvalue weighted by Crippen LogP contribution is -2.39. The van der Waals surface area contributed by atoms with Crippen molar-refractivity contribution in [1.82, 2.24) is 15.1 Å². The third kappa shape index (κ3) is 4.52. The van der Waals surface area contributed by atoms with Crippen molar-refractivity contribution in [3.8, 4) is 17.0 Å². The molecule has 7 heteroatoms. The largest absolute Gasteiger partial charge is 0.497 e. The van der Waals surface area contributed by atoms with Gasteiger partial charge < -0.3 is 14.4 Å². The van der Waals surface area contributed by atoms with E-state index in [1.165, 1.54) is 7.11 Å². The molecule has 0 radical (unpaired) electrons. The molecular formula is C21H27N3O4. The number of likely N-dealkylation sites (tertiary alicyclic amines) is 1. The minimum atomic E-state index is -0.178. The maximum atomic E-state index is 12.9. The van der Waals surface area contributed by atoms with E-state index < -0.39 is 0 Å². The molecule has 0 aliphatic carbocycles. The summed E-state index contributed by atoms with van der Waals surface area (Å²) in [4.78, 5) is 26.2. The number of hydrogen-bond donors (Lipinski definition) is 1. The number of piperidine rings is 1. The van der Waals surface area contributed by atoms with Crippen LogP contribution in [0.4, 0.5) is 0 Å². The number of nitrogens with zero attached hydrogens (tertiary/aromatic N) is 2. The molecule has 7 nitrogen and oxygen atoms in total. The molecule has 0 bridgehead atoms. The summed E-state index contributed by atoms with van der Waals surface area (Å²) < 4.78 is 9.95. The van der Waals surface area contributed by atoms with Crippen molar-refractivity contribution < 1.29 is 19.1 Å². The van der Waals surface area contributed by atoms with E-state index in [0.29, 0.717) is 31.8 Å². The van der Waals surface area contributed by atoms with Gasteiger partial charge in [0.2, 0.25) is 5.91 Å². The Morgan fingerprint density at radius 1 is 1.18 bits per heavy atom. The zero-order valence-corrected chi connectivity index (χ0v) is 16.7. The second-order valence-electron chi connectivity index (χ2n) is 7.19. The number of carbonyl (C=O) groups excluding carboxylic acids is 2. The molecule has 0 spiro atoms. The van der Waals surface area contributed by atoms with E-state index in [1.807, 2.05) is 36.1 Å². The highest BCUT2D eigenvalue weighted by molar-refractivity contribution is 5.82. The van der Waals surface area contributed by atoms with E-state index in [9.17, 15) is 9.59 Å². The molecule has 3 rings (SSSR count). The Morgan fingerprint density at radius 3 is 2.46 bits per heavy atom. The van der Waals surface area contributed by atoms with E-state index in [1.54, 1.807) is 7.11 Å². The highest BCUT2D eigenvalue weighted by Crippen LogP contribution is 2.27. The molecule has 1 aliphatic heterocycles. The van der Waals surface area contributed by atoms with Crippen LogP contribution in [0.15, 0.2) is 24.3 Å². The smallest absolute Gasteiger partial charge is 0.305 e. The van der Waals surface area contributed by atoms with E-state index in [-0.39, 0.29) is 11.9 Å². The monoisotopic (exact) mass is 385 g/mol. The number of hydrogen-bond acceptors (Lipinski definition) is 5. The van der Waals surface area contributed by atoms with Gasteiger partial charge in [-0.25, -0.2) is 0 Å². The van der Waals surface area contributed by atoms with Crippen molar-refractivity contribution in [2.24, 2.45) is 5.92 Å².